The number of imidazole rings is 1. The van der Waals surface area contributed by atoms with E-state index in [1.807, 2.05) is 28.7 Å². The summed E-state index contributed by atoms with van der Waals surface area (Å²) < 4.78 is 7.02. The molecule has 0 bridgehead atoms. The fraction of sp³-hybridized carbons (Fsp3) is 0.364. The smallest absolute Gasteiger partial charge is 0.345 e. The largest absolute Gasteiger partial charge is 0.462 e. The van der Waals surface area contributed by atoms with Crippen LogP contribution in [0.25, 0.3) is 27.7 Å². The zero-order valence-corrected chi connectivity index (χ0v) is 17.1. The van der Waals surface area contributed by atoms with Gasteiger partial charge in [0, 0.05) is 32.4 Å². The molecule has 31 heavy (non-hydrogen) atoms. The molecule has 2 aliphatic heterocycles. The zero-order chi connectivity index (χ0) is 21.1. The summed E-state index contributed by atoms with van der Waals surface area (Å²) in [6, 6.07) is 7.66. The van der Waals surface area contributed by atoms with Crippen LogP contribution in [-0.4, -0.2) is 58.1 Å². The molecule has 1 aromatic carbocycles. The van der Waals surface area contributed by atoms with Gasteiger partial charge in [0.2, 0.25) is 11.4 Å². The van der Waals surface area contributed by atoms with E-state index < -0.39 is 11.4 Å². The maximum Gasteiger partial charge on any atom is 0.345 e. The maximum atomic E-state index is 13.3. The number of anilines is 1. The topological polar surface area (TPSA) is 105 Å². The van der Waals surface area contributed by atoms with Gasteiger partial charge in [-0.3, -0.25) is 9.20 Å². The van der Waals surface area contributed by atoms with Crippen LogP contribution in [0.15, 0.2) is 35.3 Å². The van der Waals surface area contributed by atoms with Crippen LogP contribution in [0, 0.1) is 11.8 Å². The van der Waals surface area contributed by atoms with Gasteiger partial charge < -0.3 is 19.9 Å². The Morgan fingerprint density at radius 1 is 1.23 bits per heavy atom. The first-order valence-corrected chi connectivity index (χ1v) is 10.6. The van der Waals surface area contributed by atoms with Crippen LogP contribution in [0.4, 0.5) is 5.95 Å². The number of pyridine rings is 1. The first-order chi connectivity index (χ1) is 15.2. The normalized spacial score (nSPS) is 20.7. The molecule has 0 aliphatic carbocycles. The molecule has 2 unspecified atom stereocenters. The van der Waals surface area contributed by atoms with Gasteiger partial charge in [-0.25, -0.2) is 9.78 Å². The van der Waals surface area contributed by atoms with Crippen LogP contribution in [0.5, 0.6) is 0 Å². The lowest BCUT2D eigenvalue weighted by Gasteiger charge is -2.18. The molecular formula is C22H22N6O3. The Balaban J connectivity index is 1.62. The van der Waals surface area contributed by atoms with E-state index in [0.29, 0.717) is 34.5 Å². The number of aromatic amines is 1. The Bertz CT molecular complexity index is 1400. The molecule has 0 radical (unpaired) electrons. The van der Waals surface area contributed by atoms with Gasteiger partial charge in [0.1, 0.15) is 11.2 Å². The SMILES string of the molecule is CCOC(=O)c1c(=O)c2cnc(N3CC4CNCC4C3)nc2n2c1[nH]c1ccccc12. The van der Waals surface area contributed by atoms with Crippen LogP contribution in [0.3, 0.4) is 0 Å². The number of benzene rings is 1. The quantitative estimate of drug-likeness (QED) is 0.487. The standard InChI is InChI=1S/C22H22N6O3/c1-2-31-21(30)17-18(29)14-9-24-22(27-10-12-7-23-8-13(12)11-27)26-19(14)28-16-6-4-3-5-15(16)25-20(17)28/h3-6,9,12-13,23,25H,2,7-8,10-11H2,1H3. The van der Waals surface area contributed by atoms with E-state index in [4.69, 9.17) is 9.72 Å². The second-order valence-corrected chi connectivity index (χ2v) is 8.24. The zero-order valence-electron chi connectivity index (χ0n) is 17.1. The van der Waals surface area contributed by atoms with Crippen LogP contribution in [0.2, 0.25) is 0 Å². The minimum atomic E-state index is -0.651. The number of para-hydroxylation sites is 2. The number of ether oxygens (including phenoxy) is 1. The number of hydrogen-bond donors (Lipinski definition) is 2. The number of carbonyl (C=O) groups is 1. The van der Waals surface area contributed by atoms with Crippen molar-refractivity contribution in [2.45, 2.75) is 6.92 Å². The van der Waals surface area contributed by atoms with Crippen molar-refractivity contribution in [2.75, 3.05) is 37.7 Å². The molecule has 0 spiro atoms. The Morgan fingerprint density at radius 2 is 2.00 bits per heavy atom. The molecule has 2 fully saturated rings. The summed E-state index contributed by atoms with van der Waals surface area (Å²) in [4.78, 5) is 40.7. The van der Waals surface area contributed by atoms with Gasteiger partial charge in [-0.15, -0.1) is 0 Å². The van der Waals surface area contributed by atoms with Crippen molar-refractivity contribution in [3.05, 3.63) is 46.2 Å². The summed E-state index contributed by atoms with van der Waals surface area (Å²) in [6.45, 7) is 5.74. The molecular weight excluding hydrogens is 396 g/mol. The van der Waals surface area contributed by atoms with Crippen molar-refractivity contribution in [2.24, 2.45) is 11.8 Å². The van der Waals surface area contributed by atoms with Gasteiger partial charge in [0.25, 0.3) is 0 Å². The predicted molar refractivity (Wildman–Crippen MR) is 117 cm³/mol. The second-order valence-electron chi connectivity index (χ2n) is 8.24. The second kappa shape index (κ2) is 6.78. The number of rotatable bonds is 3. The number of esters is 1. The lowest BCUT2D eigenvalue weighted by atomic mass is 10.0. The van der Waals surface area contributed by atoms with Gasteiger partial charge in [0.15, 0.2) is 5.65 Å². The van der Waals surface area contributed by atoms with Crippen LogP contribution in [-0.2, 0) is 4.74 Å². The molecule has 0 amide bonds. The van der Waals surface area contributed by atoms with Crippen molar-refractivity contribution < 1.29 is 9.53 Å². The van der Waals surface area contributed by atoms with E-state index in [2.05, 4.69) is 20.2 Å². The van der Waals surface area contributed by atoms with E-state index in [-0.39, 0.29) is 12.2 Å². The first-order valence-electron chi connectivity index (χ1n) is 10.6. The van der Waals surface area contributed by atoms with Crippen LogP contribution < -0.4 is 15.6 Å². The molecule has 3 aromatic heterocycles. The molecule has 9 heteroatoms. The Labute approximate surface area is 177 Å². The number of nitrogens with one attached hydrogen (secondary N) is 2. The van der Waals surface area contributed by atoms with Crippen molar-refractivity contribution >= 4 is 39.6 Å². The maximum absolute atomic E-state index is 13.3. The number of nitrogens with zero attached hydrogens (tertiary/aromatic N) is 4. The molecule has 158 valence electrons. The number of H-pyrrole nitrogens is 1. The van der Waals surface area contributed by atoms with Crippen LogP contribution in [0.1, 0.15) is 17.3 Å². The lowest BCUT2D eigenvalue weighted by Crippen LogP contribution is -2.27. The molecule has 6 rings (SSSR count). The van der Waals surface area contributed by atoms with Crippen molar-refractivity contribution in [1.29, 1.82) is 0 Å². The fourth-order valence-corrected chi connectivity index (χ4v) is 4.97. The highest BCUT2D eigenvalue weighted by atomic mass is 16.5. The van der Waals surface area contributed by atoms with E-state index in [0.717, 1.165) is 37.2 Å². The van der Waals surface area contributed by atoms with Gasteiger partial charge in [-0.1, -0.05) is 12.1 Å². The Kier molecular flexibility index (Phi) is 4.01. The summed E-state index contributed by atoms with van der Waals surface area (Å²) in [7, 11) is 0. The van der Waals surface area contributed by atoms with Gasteiger partial charge in [-0.2, -0.15) is 4.98 Å². The lowest BCUT2D eigenvalue weighted by molar-refractivity contribution is 0.0527. The van der Waals surface area contributed by atoms with Gasteiger partial charge in [-0.05, 0) is 30.9 Å². The monoisotopic (exact) mass is 418 g/mol. The van der Waals surface area contributed by atoms with Crippen molar-refractivity contribution in [3.8, 4) is 0 Å². The fourth-order valence-electron chi connectivity index (χ4n) is 4.97. The number of carbonyl (C=O) groups excluding carboxylic acids is 1. The summed E-state index contributed by atoms with van der Waals surface area (Å²) in [5, 5.41) is 3.74. The molecule has 9 nitrogen and oxygen atoms in total. The molecule has 4 aromatic rings. The Morgan fingerprint density at radius 3 is 2.77 bits per heavy atom. The molecule has 2 N–H and O–H groups in total. The molecule has 2 aliphatic rings. The number of hydrogen-bond acceptors (Lipinski definition) is 7. The minimum Gasteiger partial charge on any atom is -0.462 e. The number of aromatic nitrogens is 4. The third kappa shape index (κ3) is 2.66. The molecule has 0 saturated carbocycles. The molecule has 2 saturated heterocycles. The van der Waals surface area contributed by atoms with Gasteiger partial charge >= 0.3 is 5.97 Å². The summed E-state index contributed by atoms with van der Waals surface area (Å²) in [5.41, 5.74) is 2.08. The molecule has 5 heterocycles. The van der Waals surface area contributed by atoms with E-state index in [9.17, 15) is 9.59 Å². The summed E-state index contributed by atoms with van der Waals surface area (Å²) in [6.07, 6.45) is 1.54. The van der Waals surface area contributed by atoms with E-state index in [1.54, 1.807) is 13.1 Å². The van der Waals surface area contributed by atoms with E-state index in [1.165, 1.54) is 0 Å². The third-order valence-corrected chi connectivity index (χ3v) is 6.45. The van der Waals surface area contributed by atoms with Crippen LogP contribution >= 0.6 is 0 Å². The highest BCUT2D eigenvalue weighted by molar-refractivity contribution is 6.02. The predicted octanol–water partition coefficient (Wildman–Crippen LogP) is 1.56. The summed E-state index contributed by atoms with van der Waals surface area (Å²) in [5.74, 6) is 1.16. The Hall–Kier alpha value is -3.46. The minimum absolute atomic E-state index is 0.0244. The first kappa shape index (κ1) is 18.3. The highest BCUT2D eigenvalue weighted by Gasteiger charge is 2.37. The molecule has 2 atom stereocenters. The van der Waals surface area contributed by atoms with Gasteiger partial charge in [0.05, 0.1) is 23.0 Å². The number of fused-ring (bicyclic) bond motifs is 6. The summed E-state index contributed by atoms with van der Waals surface area (Å²) >= 11 is 0. The average Bonchev–Trinajstić information content (AvgIpc) is 3.47. The highest BCUT2D eigenvalue weighted by Crippen LogP contribution is 2.30. The van der Waals surface area contributed by atoms with Crippen molar-refractivity contribution in [1.82, 2.24) is 24.7 Å². The third-order valence-electron chi connectivity index (χ3n) is 6.45. The average molecular weight is 418 g/mol. The van der Waals surface area contributed by atoms with E-state index >= 15 is 0 Å². The van der Waals surface area contributed by atoms with Crippen molar-refractivity contribution in [3.63, 3.8) is 0 Å².